The molecule has 3 heteroatoms. The number of thiophene rings is 1. The fourth-order valence-corrected chi connectivity index (χ4v) is 4.50. The first kappa shape index (κ1) is 25.2. The molecule has 2 nitrogen and oxygen atoms in total. The van der Waals surface area contributed by atoms with Gasteiger partial charge in [-0.25, -0.2) is 0 Å². The highest BCUT2D eigenvalue weighted by Gasteiger charge is 2.14. The molecule has 0 N–H and O–H groups in total. The van der Waals surface area contributed by atoms with Crippen molar-refractivity contribution in [3.63, 3.8) is 0 Å². The zero-order chi connectivity index (χ0) is 20.3. The summed E-state index contributed by atoms with van der Waals surface area (Å²) in [6, 6.07) is 3.89. The van der Waals surface area contributed by atoms with Crippen molar-refractivity contribution in [2.75, 3.05) is 13.1 Å². The van der Waals surface area contributed by atoms with E-state index >= 15 is 0 Å². The third-order valence-electron chi connectivity index (χ3n) is 5.68. The van der Waals surface area contributed by atoms with Crippen LogP contribution < -0.4 is 0 Å². The van der Waals surface area contributed by atoms with Gasteiger partial charge in [0.05, 0.1) is 4.88 Å². The van der Waals surface area contributed by atoms with Crippen LogP contribution in [-0.4, -0.2) is 23.9 Å². The molecule has 0 fully saturated rings. The molecule has 28 heavy (non-hydrogen) atoms. The van der Waals surface area contributed by atoms with Gasteiger partial charge in [-0.05, 0) is 24.8 Å². The van der Waals surface area contributed by atoms with Crippen LogP contribution in [-0.2, 0) is 0 Å². The largest absolute Gasteiger partial charge is 0.338 e. The fourth-order valence-electron chi connectivity index (χ4n) is 3.81. The van der Waals surface area contributed by atoms with Crippen LogP contribution in [0.25, 0.3) is 0 Å². The number of unbranched alkanes of at least 4 members (excludes halogenated alkanes) is 15. The third kappa shape index (κ3) is 12.6. The zero-order valence-corrected chi connectivity index (χ0v) is 19.5. The fraction of sp³-hybridized carbons (Fsp3) is 0.800. The summed E-state index contributed by atoms with van der Waals surface area (Å²) < 4.78 is 0. The minimum atomic E-state index is 0.207. The van der Waals surface area contributed by atoms with Crippen LogP contribution in [0.5, 0.6) is 0 Å². The summed E-state index contributed by atoms with van der Waals surface area (Å²) in [4.78, 5) is 15.2. The van der Waals surface area contributed by atoms with Gasteiger partial charge in [-0.1, -0.05) is 109 Å². The number of carbonyl (C=O) groups is 1. The number of hydrogen-bond acceptors (Lipinski definition) is 2. The molecule has 0 aliphatic heterocycles. The molecule has 0 aliphatic rings. The lowest BCUT2D eigenvalue weighted by atomic mass is 10.0. The molecule has 0 aliphatic carbocycles. The van der Waals surface area contributed by atoms with E-state index in [4.69, 9.17) is 0 Å². The Kier molecular flexibility index (Phi) is 16.4. The van der Waals surface area contributed by atoms with Gasteiger partial charge in [0, 0.05) is 13.1 Å². The van der Waals surface area contributed by atoms with Gasteiger partial charge in [-0.2, -0.15) is 0 Å². The Bertz CT molecular complexity index is 457. The van der Waals surface area contributed by atoms with Gasteiger partial charge in [-0.15, -0.1) is 11.3 Å². The molecule has 162 valence electrons. The first-order chi connectivity index (χ1) is 13.8. The number of amides is 1. The van der Waals surface area contributed by atoms with E-state index in [1.165, 1.54) is 96.3 Å². The van der Waals surface area contributed by atoms with Crippen molar-refractivity contribution < 1.29 is 4.79 Å². The highest BCUT2D eigenvalue weighted by Crippen LogP contribution is 2.15. The maximum Gasteiger partial charge on any atom is 0.263 e. The van der Waals surface area contributed by atoms with Crippen LogP contribution in [0.2, 0.25) is 0 Å². The molecule has 0 bridgehead atoms. The van der Waals surface area contributed by atoms with E-state index in [9.17, 15) is 4.79 Å². The molecule has 0 saturated carbocycles. The summed E-state index contributed by atoms with van der Waals surface area (Å²) in [7, 11) is 0. The zero-order valence-electron chi connectivity index (χ0n) is 18.7. The van der Waals surface area contributed by atoms with Crippen molar-refractivity contribution >= 4 is 17.2 Å². The molecule has 0 aromatic carbocycles. The monoisotopic (exact) mass is 407 g/mol. The first-order valence-corrected chi connectivity index (χ1v) is 13.0. The summed E-state index contributed by atoms with van der Waals surface area (Å²) in [5.41, 5.74) is 0. The van der Waals surface area contributed by atoms with Crippen LogP contribution in [0.15, 0.2) is 17.5 Å². The molecule has 1 amide bonds. The van der Waals surface area contributed by atoms with Crippen LogP contribution >= 0.6 is 11.3 Å². The average molecular weight is 408 g/mol. The van der Waals surface area contributed by atoms with E-state index in [0.717, 1.165) is 24.4 Å². The lowest BCUT2D eigenvalue weighted by Crippen LogP contribution is -2.31. The molecule has 0 saturated heterocycles. The molecule has 0 radical (unpaired) electrons. The lowest BCUT2D eigenvalue weighted by molar-refractivity contribution is 0.0766. The smallest absolute Gasteiger partial charge is 0.263 e. The van der Waals surface area contributed by atoms with Gasteiger partial charge in [-0.3, -0.25) is 4.79 Å². The normalized spacial score (nSPS) is 11.1. The van der Waals surface area contributed by atoms with E-state index in [1.807, 2.05) is 22.4 Å². The highest BCUT2D eigenvalue weighted by atomic mass is 32.1. The second-order valence-electron chi connectivity index (χ2n) is 8.17. The van der Waals surface area contributed by atoms with E-state index in [-0.39, 0.29) is 5.91 Å². The Morgan fingerprint density at radius 1 is 0.750 bits per heavy atom. The van der Waals surface area contributed by atoms with Crippen molar-refractivity contribution in [2.45, 2.75) is 117 Å². The predicted octanol–water partition coefficient (Wildman–Crippen LogP) is 8.47. The predicted molar refractivity (Wildman–Crippen MR) is 125 cm³/mol. The van der Waals surface area contributed by atoms with Crippen molar-refractivity contribution in [3.05, 3.63) is 22.4 Å². The standard InChI is InChI=1S/C25H45NOS/c1-3-5-6-7-8-9-10-11-12-13-14-15-16-17-18-19-22-26(4-2)25(27)24-21-20-23-28-24/h20-21,23H,3-19,22H2,1-2H3. The van der Waals surface area contributed by atoms with Gasteiger partial charge in [0.2, 0.25) is 0 Å². The minimum Gasteiger partial charge on any atom is -0.338 e. The van der Waals surface area contributed by atoms with Crippen LogP contribution in [0.3, 0.4) is 0 Å². The number of carbonyl (C=O) groups excluding carboxylic acids is 1. The molecule has 0 spiro atoms. The van der Waals surface area contributed by atoms with Gasteiger partial charge in [0.15, 0.2) is 0 Å². The SMILES string of the molecule is CCCCCCCCCCCCCCCCCCN(CC)C(=O)c1cccs1. The number of hydrogen-bond donors (Lipinski definition) is 0. The summed E-state index contributed by atoms with van der Waals surface area (Å²) in [5.74, 6) is 0.207. The van der Waals surface area contributed by atoms with Crippen molar-refractivity contribution in [1.29, 1.82) is 0 Å². The van der Waals surface area contributed by atoms with Crippen molar-refractivity contribution in [1.82, 2.24) is 4.90 Å². The first-order valence-electron chi connectivity index (χ1n) is 12.1. The van der Waals surface area contributed by atoms with Crippen molar-refractivity contribution in [3.8, 4) is 0 Å². The Labute approximate surface area is 179 Å². The quantitative estimate of drug-likeness (QED) is 0.211. The van der Waals surface area contributed by atoms with E-state index in [2.05, 4.69) is 13.8 Å². The average Bonchev–Trinajstić information content (AvgIpc) is 3.25. The molecule has 1 aromatic rings. The third-order valence-corrected chi connectivity index (χ3v) is 6.54. The number of rotatable bonds is 19. The van der Waals surface area contributed by atoms with E-state index < -0.39 is 0 Å². The number of nitrogens with zero attached hydrogens (tertiary/aromatic N) is 1. The summed E-state index contributed by atoms with van der Waals surface area (Å²) in [5, 5.41) is 1.98. The summed E-state index contributed by atoms with van der Waals surface area (Å²) >= 11 is 1.55. The Morgan fingerprint density at radius 3 is 1.61 bits per heavy atom. The highest BCUT2D eigenvalue weighted by molar-refractivity contribution is 7.12. The van der Waals surface area contributed by atoms with Gasteiger partial charge >= 0.3 is 0 Å². The second kappa shape index (κ2) is 18.2. The molecule has 1 aromatic heterocycles. The second-order valence-corrected chi connectivity index (χ2v) is 9.11. The van der Waals surface area contributed by atoms with E-state index in [1.54, 1.807) is 11.3 Å². The maximum absolute atomic E-state index is 12.4. The molecular weight excluding hydrogens is 362 g/mol. The molecule has 1 heterocycles. The maximum atomic E-state index is 12.4. The Balaban J connectivity index is 1.84. The molecule has 1 rings (SSSR count). The molecular formula is C25H45NOS. The van der Waals surface area contributed by atoms with E-state index in [0.29, 0.717) is 0 Å². The Hall–Kier alpha value is -0.830. The Morgan fingerprint density at radius 2 is 1.21 bits per heavy atom. The molecule has 0 unspecified atom stereocenters. The van der Waals surface area contributed by atoms with Gasteiger partial charge in [0.25, 0.3) is 5.91 Å². The lowest BCUT2D eigenvalue weighted by Gasteiger charge is -2.20. The van der Waals surface area contributed by atoms with Crippen LogP contribution in [0.4, 0.5) is 0 Å². The molecule has 0 atom stereocenters. The summed E-state index contributed by atoms with van der Waals surface area (Å²) in [6.07, 6.45) is 22.2. The van der Waals surface area contributed by atoms with Gasteiger partial charge in [0.1, 0.15) is 0 Å². The summed E-state index contributed by atoms with van der Waals surface area (Å²) in [6.45, 7) is 6.09. The van der Waals surface area contributed by atoms with Crippen LogP contribution in [0, 0.1) is 0 Å². The van der Waals surface area contributed by atoms with Gasteiger partial charge < -0.3 is 4.90 Å². The van der Waals surface area contributed by atoms with Crippen LogP contribution in [0.1, 0.15) is 126 Å². The minimum absolute atomic E-state index is 0.207. The van der Waals surface area contributed by atoms with Crippen molar-refractivity contribution in [2.24, 2.45) is 0 Å². The topological polar surface area (TPSA) is 20.3 Å².